The fourth-order valence-corrected chi connectivity index (χ4v) is 1.48. The molecule has 0 unspecified atom stereocenters. The minimum absolute atomic E-state index is 0.00241. The molecule has 0 aliphatic carbocycles. The van der Waals surface area contributed by atoms with Gasteiger partial charge in [-0.1, -0.05) is 0 Å². The number of esters is 1. The predicted octanol–water partition coefficient (Wildman–Crippen LogP) is 0.731. The first-order valence-electron chi connectivity index (χ1n) is 4.90. The molecule has 18 heavy (non-hydrogen) atoms. The van der Waals surface area contributed by atoms with E-state index < -0.39 is 11.9 Å². The molecule has 2 rings (SSSR count). The molecule has 0 bridgehead atoms. The van der Waals surface area contributed by atoms with E-state index in [4.69, 9.17) is 0 Å². The van der Waals surface area contributed by atoms with Crippen LogP contribution >= 0.6 is 0 Å². The lowest BCUT2D eigenvalue weighted by atomic mass is 10.3. The first-order chi connectivity index (χ1) is 8.58. The Morgan fingerprint density at radius 3 is 2.78 bits per heavy atom. The number of rotatable bonds is 2. The summed E-state index contributed by atoms with van der Waals surface area (Å²) in [4.78, 5) is 37.0. The van der Waals surface area contributed by atoms with Gasteiger partial charge in [-0.15, -0.1) is 4.91 Å². The molecule has 2 aromatic rings. The van der Waals surface area contributed by atoms with Crippen molar-refractivity contribution < 1.29 is 14.3 Å². The third-order valence-corrected chi connectivity index (χ3v) is 2.34. The van der Waals surface area contributed by atoms with Crippen molar-refractivity contribution in [3.63, 3.8) is 0 Å². The van der Waals surface area contributed by atoms with Crippen LogP contribution in [0.3, 0.4) is 0 Å². The number of aryl methyl sites for hydroxylation is 1. The molecule has 0 saturated heterocycles. The van der Waals surface area contributed by atoms with Gasteiger partial charge in [-0.05, 0) is 6.92 Å². The lowest BCUT2D eigenvalue weighted by Crippen LogP contribution is -2.13. The van der Waals surface area contributed by atoms with Gasteiger partial charge in [-0.2, -0.15) is 5.10 Å². The van der Waals surface area contributed by atoms with Gasteiger partial charge in [0.15, 0.2) is 11.3 Å². The van der Waals surface area contributed by atoms with Crippen molar-refractivity contribution in [3.8, 4) is 0 Å². The van der Waals surface area contributed by atoms with E-state index in [0.29, 0.717) is 11.2 Å². The van der Waals surface area contributed by atoms with Gasteiger partial charge in [0.05, 0.1) is 13.3 Å². The summed E-state index contributed by atoms with van der Waals surface area (Å²) >= 11 is 0. The Bertz CT molecular complexity index is 661. The molecule has 0 aromatic carbocycles. The SMILES string of the molecule is COC(=O)c1cc(C(=O)N=O)nc2c(C)cnn12. The van der Waals surface area contributed by atoms with Crippen LogP contribution in [-0.2, 0) is 4.74 Å². The van der Waals surface area contributed by atoms with Gasteiger partial charge in [0.2, 0.25) is 0 Å². The van der Waals surface area contributed by atoms with Gasteiger partial charge >= 0.3 is 11.9 Å². The summed E-state index contributed by atoms with van der Waals surface area (Å²) in [7, 11) is 1.20. The van der Waals surface area contributed by atoms with Crippen molar-refractivity contribution in [3.05, 3.63) is 34.1 Å². The summed E-state index contributed by atoms with van der Waals surface area (Å²) in [6, 6.07) is 1.12. The average molecular weight is 248 g/mol. The maximum Gasteiger partial charge on any atom is 0.356 e. The van der Waals surface area contributed by atoms with Crippen molar-refractivity contribution in [2.24, 2.45) is 5.18 Å². The zero-order valence-electron chi connectivity index (χ0n) is 9.58. The Balaban J connectivity index is 2.77. The van der Waals surface area contributed by atoms with Crippen molar-refractivity contribution in [2.45, 2.75) is 6.92 Å². The number of hydrogen-bond acceptors (Lipinski definition) is 6. The summed E-state index contributed by atoms with van der Waals surface area (Å²) in [6.07, 6.45) is 1.48. The molecule has 0 N–H and O–H groups in total. The van der Waals surface area contributed by atoms with Crippen LogP contribution in [0.4, 0.5) is 0 Å². The number of amides is 1. The summed E-state index contributed by atoms with van der Waals surface area (Å²) in [6.45, 7) is 1.71. The molecule has 2 heterocycles. The van der Waals surface area contributed by atoms with E-state index in [1.54, 1.807) is 6.92 Å². The van der Waals surface area contributed by atoms with Crippen molar-refractivity contribution in [2.75, 3.05) is 7.11 Å². The maximum absolute atomic E-state index is 11.6. The number of nitrogens with zero attached hydrogens (tertiary/aromatic N) is 4. The number of ether oxygens (including phenoxy) is 1. The Hall–Kier alpha value is -2.64. The van der Waals surface area contributed by atoms with E-state index in [9.17, 15) is 14.5 Å². The van der Waals surface area contributed by atoms with Crippen molar-refractivity contribution in [1.29, 1.82) is 0 Å². The highest BCUT2D eigenvalue weighted by Crippen LogP contribution is 2.13. The fraction of sp³-hybridized carbons (Fsp3) is 0.200. The number of carbonyl (C=O) groups is 2. The molecular formula is C10H8N4O4. The highest BCUT2D eigenvalue weighted by molar-refractivity contribution is 5.96. The van der Waals surface area contributed by atoms with Crippen LogP contribution in [-0.4, -0.2) is 33.6 Å². The molecule has 0 aliphatic heterocycles. The fourth-order valence-electron chi connectivity index (χ4n) is 1.48. The molecule has 0 fully saturated rings. The monoisotopic (exact) mass is 248 g/mol. The first-order valence-corrected chi connectivity index (χ1v) is 4.90. The van der Waals surface area contributed by atoms with Crippen LogP contribution in [0.15, 0.2) is 17.4 Å². The van der Waals surface area contributed by atoms with Crippen LogP contribution in [0, 0.1) is 11.8 Å². The first kappa shape index (κ1) is 11.8. The largest absolute Gasteiger partial charge is 0.464 e. The second-order valence-corrected chi connectivity index (χ2v) is 3.48. The van der Waals surface area contributed by atoms with Crippen LogP contribution < -0.4 is 0 Å². The number of aromatic nitrogens is 3. The predicted molar refractivity (Wildman–Crippen MR) is 59.2 cm³/mol. The number of nitroso groups, excluding NO2 is 1. The lowest BCUT2D eigenvalue weighted by Gasteiger charge is -2.04. The molecule has 8 heteroatoms. The van der Waals surface area contributed by atoms with Gasteiger partial charge < -0.3 is 4.74 Å². The quantitative estimate of drug-likeness (QED) is 0.573. The summed E-state index contributed by atoms with van der Waals surface area (Å²) < 4.78 is 5.81. The summed E-state index contributed by atoms with van der Waals surface area (Å²) in [5, 5.41) is 6.22. The molecule has 92 valence electrons. The van der Waals surface area contributed by atoms with Crippen LogP contribution in [0.25, 0.3) is 5.65 Å². The highest BCUT2D eigenvalue weighted by Gasteiger charge is 2.19. The molecule has 8 nitrogen and oxygen atoms in total. The van der Waals surface area contributed by atoms with Crippen LogP contribution in [0.5, 0.6) is 0 Å². The zero-order chi connectivity index (χ0) is 13.3. The third kappa shape index (κ3) is 1.73. The Morgan fingerprint density at radius 2 is 2.17 bits per heavy atom. The molecule has 1 amide bonds. The van der Waals surface area contributed by atoms with Crippen molar-refractivity contribution >= 4 is 17.5 Å². The normalized spacial score (nSPS) is 10.3. The highest BCUT2D eigenvalue weighted by atomic mass is 16.5. The molecule has 0 aliphatic rings. The van der Waals surface area contributed by atoms with Gasteiger partial charge in [0.25, 0.3) is 0 Å². The van der Waals surface area contributed by atoms with Gasteiger partial charge in [-0.3, -0.25) is 4.79 Å². The van der Waals surface area contributed by atoms with Gasteiger partial charge in [0.1, 0.15) is 5.69 Å². The number of carbonyl (C=O) groups excluding carboxylic acids is 2. The van der Waals surface area contributed by atoms with E-state index in [1.807, 2.05) is 0 Å². The third-order valence-electron chi connectivity index (χ3n) is 2.34. The minimum Gasteiger partial charge on any atom is -0.464 e. The standard InChI is InChI=1S/C10H8N4O4/c1-5-4-11-14-7(10(16)18-2)3-6(9(15)13-17)12-8(5)14/h3-4H,1-2H3. The summed E-state index contributed by atoms with van der Waals surface area (Å²) in [5.74, 6) is -1.74. The molecule has 2 aromatic heterocycles. The Labute approximate surface area is 101 Å². The molecule has 0 atom stereocenters. The maximum atomic E-state index is 11.6. The van der Waals surface area contributed by atoms with E-state index in [-0.39, 0.29) is 11.4 Å². The smallest absolute Gasteiger partial charge is 0.356 e. The Morgan fingerprint density at radius 1 is 1.44 bits per heavy atom. The topological polar surface area (TPSA) is 103 Å². The van der Waals surface area contributed by atoms with Gasteiger partial charge in [0, 0.05) is 16.8 Å². The molecule has 0 saturated carbocycles. The number of hydrogen-bond donors (Lipinski definition) is 0. The van der Waals surface area contributed by atoms with E-state index in [1.165, 1.54) is 17.8 Å². The van der Waals surface area contributed by atoms with E-state index >= 15 is 0 Å². The lowest BCUT2D eigenvalue weighted by molar-refractivity contribution is 0.0590. The molecule has 0 spiro atoms. The summed E-state index contributed by atoms with van der Waals surface area (Å²) in [5.41, 5.74) is 0.731. The Kier molecular flexibility index (Phi) is 2.84. The van der Waals surface area contributed by atoms with Crippen molar-refractivity contribution in [1.82, 2.24) is 14.6 Å². The molecular weight excluding hydrogens is 240 g/mol. The minimum atomic E-state index is -1.05. The van der Waals surface area contributed by atoms with E-state index in [0.717, 1.165) is 6.07 Å². The van der Waals surface area contributed by atoms with Crippen LogP contribution in [0.1, 0.15) is 26.5 Å². The zero-order valence-corrected chi connectivity index (χ0v) is 9.58. The van der Waals surface area contributed by atoms with Gasteiger partial charge in [-0.25, -0.2) is 14.3 Å². The molecule has 0 radical (unpaired) electrons. The second kappa shape index (κ2) is 4.32. The number of fused-ring (bicyclic) bond motifs is 1. The van der Waals surface area contributed by atoms with E-state index in [2.05, 4.69) is 20.0 Å². The second-order valence-electron chi connectivity index (χ2n) is 3.48. The average Bonchev–Trinajstić information content (AvgIpc) is 2.77. The number of methoxy groups -OCH3 is 1. The van der Waals surface area contributed by atoms with Crippen LogP contribution in [0.2, 0.25) is 0 Å².